The molecule has 0 spiro atoms. The number of aromatic carboxylic acids is 1. The van der Waals surface area contributed by atoms with Crippen LogP contribution in [0.3, 0.4) is 0 Å². The van der Waals surface area contributed by atoms with Crippen molar-refractivity contribution >= 4 is 35.1 Å². The first-order valence-corrected chi connectivity index (χ1v) is 8.59. The average molecular weight is 402 g/mol. The zero-order valence-corrected chi connectivity index (χ0v) is 15.6. The Hall–Kier alpha value is -2.89. The van der Waals surface area contributed by atoms with E-state index in [9.17, 15) is 14.7 Å². The maximum atomic E-state index is 11.6. The zero-order chi connectivity index (χ0) is 19.6. The SMILES string of the molecule is CC(=O)Oc1cc(Cl)ccc1-c1cc(C(=O)O)cc(-c2ccc(Cl)cc2)n1. The lowest BCUT2D eigenvalue weighted by atomic mass is 10.0. The number of aromatic nitrogens is 1. The molecule has 2 aromatic carbocycles. The minimum atomic E-state index is -1.10. The van der Waals surface area contributed by atoms with Crippen molar-refractivity contribution < 1.29 is 19.4 Å². The van der Waals surface area contributed by atoms with Crippen LogP contribution in [0, 0.1) is 0 Å². The number of benzene rings is 2. The lowest BCUT2D eigenvalue weighted by Gasteiger charge is -2.12. The van der Waals surface area contributed by atoms with E-state index in [1.54, 1.807) is 36.4 Å². The lowest BCUT2D eigenvalue weighted by molar-refractivity contribution is -0.131. The number of hydrogen-bond acceptors (Lipinski definition) is 4. The molecular weight excluding hydrogens is 389 g/mol. The third-order valence-corrected chi connectivity index (χ3v) is 4.17. The van der Waals surface area contributed by atoms with Gasteiger partial charge in [0.05, 0.1) is 17.0 Å². The molecule has 0 fully saturated rings. The number of carboxylic acid groups (broad SMARTS) is 1. The first kappa shape index (κ1) is 18.9. The normalized spacial score (nSPS) is 10.5. The molecule has 0 saturated heterocycles. The summed E-state index contributed by atoms with van der Waals surface area (Å²) >= 11 is 11.9. The van der Waals surface area contributed by atoms with E-state index >= 15 is 0 Å². The van der Waals surface area contributed by atoms with Gasteiger partial charge in [-0.3, -0.25) is 4.79 Å². The van der Waals surface area contributed by atoms with Gasteiger partial charge in [0.15, 0.2) is 0 Å². The molecule has 136 valence electrons. The number of carbonyl (C=O) groups excluding carboxylic acids is 1. The van der Waals surface area contributed by atoms with Gasteiger partial charge < -0.3 is 9.84 Å². The van der Waals surface area contributed by atoms with Gasteiger partial charge in [-0.1, -0.05) is 35.3 Å². The minimum absolute atomic E-state index is 0.0497. The maximum Gasteiger partial charge on any atom is 0.335 e. The molecule has 0 unspecified atom stereocenters. The summed E-state index contributed by atoms with van der Waals surface area (Å²) in [5.74, 6) is -1.42. The van der Waals surface area contributed by atoms with Crippen molar-refractivity contribution in [3.05, 3.63) is 70.2 Å². The highest BCUT2D eigenvalue weighted by Gasteiger charge is 2.16. The summed E-state index contributed by atoms with van der Waals surface area (Å²) in [5, 5.41) is 10.4. The summed E-state index contributed by atoms with van der Waals surface area (Å²) in [6, 6.07) is 14.5. The van der Waals surface area contributed by atoms with Crippen molar-refractivity contribution in [2.45, 2.75) is 6.92 Å². The van der Waals surface area contributed by atoms with Crippen LogP contribution >= 0.6 is 23.2 Å². The van der Waals surface area contributed by atoms with Crippen LogP contribution < -0.4 is 4.74 Å². The summed E-state index contributed by atoms with van der Waals surface area (Å²) in [5.41, 5.74) is 1.99. The second-order valence-corrected chi connectivity index (χ2v) is 6.55. The maximum absolute atomic E-state index is 11.6. The van der Waals surface area contributed by atoms with Crippen LogP contribution in [0.15, 0.2) is 54.6 Å². The molecule has 7 heteroatoms. The molecule has 27 heavy (non-hydrogen) atoms. The second-order valence-electron chi connectivity index (χ2n) is 5.67. The number of carboxylic acids is 1. The summed E-state index contributed by atoms with van der Waals surface area (Å²) < 4.78 is 5.21. The fourth-order valence-electron chi connectivity index (χ4n) is 2.51. The predicted molar refractivity (Wildman–Crippen MR) is 103 cm³/mol. The molecule has 1 heterocycles. The lowest BCUT2D eigenvalue weighted by Crippen LogP contribution is -2.04. The van der Waals surface area contributed by atoms with Gasteiger partial charge in [0, 0.05) is 34.2 Å². The summed E-state index contributed by atoms with van der Waals surface area (Å²) in [6.07, 6.45) is 0. The van der Waals surface area contributed by atoms with Gasteiger partial charge >= 0.3 is 11.9 Å². The van der Waals surface area contributed by atoms with Crippen LogP contribution in [0.2, 0.25) is 10.0 Å². The number of rotatable bonds is 4. The molecule has 1 N–H and O–H groups in total. The Morgan fingerprint density at radius 2 is 1.56 bits per heavy atom. The quantitative estimate of drug-likeness (QED) is 0.471. The number of ether oxygens (including phenoxy) is 1. The van der Waals surface area contributed by atoms with Crippen LogP contribution in [-0.4, -0.2) is 22.0 Å². The van der Waals surface area contributed by atoms with Gasteiger partial charge in [0.1, 0.15) is 5.75 Å². The Kier molecular flexibility index (Phi) is 5.44. The Bertz CT molecular complexity index is 1030. The Morgan fingerprint density at radius 3 is 2.19 bits per heavy atom. The fourth-order valence-corrected chi connectivity index (χ4v) is 2.80. The monoisotopic (exact) mass is 401 g/mol. The van der Waals surface area contributed by atoms with Crippen LogP contribution in [0.4, 0.5) is 0 Å². The first-order valence-electron chi connectivity index (χ1n) is 7.83. The van der Waals surface area contributed by atoms with Crippen molar-refractivity contribution in [3.63, 3.8) is 0 Å². The molecule has 0 aliphatic rings. The summed E-state index contributed by atoms with van der Waals surface area (Å²) in [7, 11) is 0. The molecule has 3 aromatic rings. The third kappa shape index (κ3) is 4.45. The number of pyridine rings is 1. The molecule has 0 radical (unpaired) electrons. The largest absolute Gasteiger partial charge is 0.478 e. The Labute approximate surface area is 165 Å². The molecule has 0 atom stereocenters. The molecule has 3 rings (SSSR count). The van der Waals surface area contributed by atoms with Gasteiger partial charge in [0.2, 0.25) is 0 Å². The molecular formula is C20H13Cl2NO4. The molecule has 0 bridgehead atoms. The van der Waals surface area contributed by atoms with Crippen LogP contribution in [-0.2, 0) is 4.79 Å². The van der Waals surface area contributed by atoms with Gasteiger partial charge in [0.25, 0.3) is 0 Å². The predicted octanol–water partition coefficient (Wildman–Crippen LogP) is 5.35. The van der Waals surface area contributed by atoms with Gasteiger partial charge in [-0.2, -0.15) is 0 Å². The van der Waals surface area contributed by atoms with Crippen LogP contribution in [0.5, 0.6) is 5.75 Å². The van der Waals surface area contributed by atoms with Crippen LogP contribution in [0.25, 0.3) is 22.5 Å². The van der Waals surface area contributed by atoms with E-state index in [0.29, 0.717) is 32.6 Å². The number of halogens is 2. The topological polar surface area (TPSA) is 76.5 Å². The van der Waals surface area contributed by atoms with Crippen LogP contribution in [0.1, 0.15) is 17.3 Å². The standard InChI is InChI=1S/C20H13Cl2NO4/c1-11(24)27-19-10-15(22)6-7-16(19)18-9-13(20(25)26)8-17(23-18)12-2-4-14(21)5-3-12/h2-10H,1H3,(H,25,26). The van der Waals surface area contributed by atoms with E-state index in [0.717, 1.165) is 0 Å². The molecule has 5 nitrogen and oxygen atoms in total. The molecule has 0 aliphatic carbocycles. The summed E-state index contributed by atoms with van der Waals surface area (Å²) in [6.45, 7) is 1.27. The zero-order valence-electron chi connectivity index (χ0n) is 14.1. The molecule has 0 saturated carbocycles. The van der Waals surface area contributed by atoms with E-state index in [1.807, 2.05) is 0 Å². The van der Waals surface area contributed by atoms with Crippen molar-refractivity contribution in [3.8, 4) is 28.3 Å². The third-order valence-electron chi connectivity index (χ3n) is 3.69. The van der Waals surface area contributed by atoms with E-state index in [2.05, 4.69) is 4.98 Å². The fraction of sp³-hybridized carbons (Fsp3) is 0.0500. The number of carbonyl (C=O) groups is 2. The highest BCUT2D eigenvalue weighted by molar-refractivity contribution is 6.31. The van der Waals surface area contributed by atoms with Gasteiger partial charge in [-0.25, -0.2) is 9.78 Å². The van der Waals surface area contributed by atoms with Gasteiger partial charge in [-0.15, -0.1) is 0 Å². The smallest absolute Gasteiger partial charge is 0.335 e. The Balaban J connectivity index is 2.20. The summed E-state index contributed by atoms with van der Waals surface area (Å²) in [4.78, 5) is 27.5. The first-order chi connectivity index (χ1) is 12.8. The van der Waals surface area contributed by atoms with E-state index in [4.69, 9.17) is 27.9 Å². The highest BCUT2D eigenvalue weighted by atomic mass is 35.5. The van der Waals surface area contributed by atoms with E-state index in [1.165, 1.54) is 25.1 Å². The van der Waals surface area contributed by atoms with E-state index in [-0.39, 0.29) is 11.3 Å². The average Bonchev–Trinajstić information content (AvgIpc) is 2.61. The molecule has 0 amide bonds. The minimum Gasteiger partial charge on any atom is -0.478 e. The number of esters is 1. The highest BCUT2D eigenvalue weighted by Crippen LogP contribution is 2.34. The number of nitrogens with zero attached hydrogens (tertiary/aromatic N) is 1. The number of hydrogen-bond donors (Lipinski definition) is 1. The van der Waals surface area contributed by atoms with Gasteiger partial charge in [-0.05, 0) is 36.4 Å². The Morgan fingerprint density at radius 1 is 0.926 bits per heavy atom. The molecule has 1 aromatic heterocycles. The van der Waals surface area contributed by atoms with Crippen molar-refractivity contribution in [2.24, 2.45) is 0 Å². The van der Waals surface area contributed by atoms with Crippen molar-refractivity contribution in [1.82, 2.24) is 4.98 Å². The second kappa shape index (κ2) is 7.78. The van der Waals surface area contributed by atoms with E-state index < -0.39 is 11.9 Å². The van der Waals surface area contributed by atoms with Crippen molar-refractivity contribution in [2.75, 3.05) is 0 Å². The molecule has 0 aliphatic heterocycles. The van der Waals surface area contributed by atoms with Crippen molar-refractivity contribution in [1.29, 1.82) is 0 Å².